The summed E-state index contributed by atoms with van der Waals surface area (Å²) in [4.78, 5) is 0. The molecule has 0 radical (unpaired) electrons. The molecule has 0 fully saturated rings. The first kappa shape index (κ1) is 7.59. The predicted molar refractivity (Wildman–Crippen MR) is 57.0 cm³/mol. The van der Waals surface area contributed by atoms with Crippen molar-refractivity contribution in [1.82, 2.24) is 0 Å². The lowest BCUT2D eigenvalue weighted by Crippen LogP contribution is -1.86. The first-order chi connectivity index (χ1) is 4.30. The Bertz CT molecular complexity index is 174. The smallest absolute Gasteiger partial charge is 0.0697 e. The normalized spacial score (nSPS) is 9.11. The van der Waals surface area contributed by atoms with Crippen LogP contribution in [0, 0.1) is 0 Å². The Morgan fingerprint density at radius 3 is 1.89 bits per heavy atom. The largest absolute Gasteiger partial charge is 0.255 e. The van der Waals surface area contributed by atoms with E-state index in [2.05, 4.69) is 57.9 Å². The summed E-state index contributed by atoms with van der Waals surface area (Å²) in [6.45, 7) is 0. The van der Waals surface area contributed by atoms with Crippen molar-refractivity contribution < 1.29 is 0 Å². The number of nitrogens with zero attached hydrogens (tertiary/aromatic N) is 1. The molecule has 3 heteroatoms. The predicted octanol–water partition coefficient (Wildman–Crippen LogP) is 3.19. The second kappa shape index (κ2) is 3.60. The van der Waals surface area contributed by atoms with Crippen molar-refractivity contribution >= 4 is 51.4 Å². The van der Waals surface area contributed by atoms with Gasteiger partial charge in [-0.15, -0.1) is 0 Å². The third-order valence-corrected chi connectivity index (χ3v) is 2.07. The van der Waals surface area contributed by atoms with Crippen molar-refractivity contribution in [2.24, 2.45) is 0 Å². The molecule has 1 aromatic carbocycles. The fourth-order valence-electron chi connectivity index (χ4n) is 0.541. The molecule has 0 atom stereocenters. The highest BCUT2D eigenvalue weighted by molar-refractivity contribution is 14.2. The molecule has 0 aliphatic heterocycles. The van der Waals surface area contributed by atoms with Crippen LogP contribution in [0.4, 0.5) is 5.69 Å². The Hall–Kier alpha value is 0.480. The molecule has 0 aliphatic rings. The molecule has 9 heavy (non-hydrogen) atoms. The second-order valence-corrected chi connectivity index (χ2v) is 5.34. The van der Waals surface area contributed by atoms with Crippen LogP contribution in [0.3, 0.4) is 0 Å². The summed E-state index contributed by atoms with van der Waals surface area (Å²) in [5.41, 5.74) is 1.22. The van der Waals surface area contributed by atoms with Gasteiger partial charge in [0.2, 0.25) is 0 Å². The van der Waals surface area contributed by atoms with Gasteiger partial charge in [0.25, 0.3) is 0 Å². The number of para-hydroxylation sites is 1. The van der Waals surface area contributed by atoms with Crippen molar-refractivity contribution in [3.63, 3.8) is 0 Å². The van der Waals surface area contributed by atoms with Crippen LogP contribution in [-0.2, 0) is 0 Å². The molecule has 0 unspecified atom stereocenters. The third kappa shape index (κ3) is 2.29. The molecule has 0 spiro atoms. The van der Waals surface area contributed by atoms with E-state index in [1.54, 1.807) is 0 Å². The number of halogens is 2. The molecular weight excluding hydrogens is 340 g/mol. The third-order valence-electron chi connectivity index (χ3n) is 0.951. The van der Waals surface area contributed by atoms with Crippen molar-refractivity contribution in [3.8, 4) is 0 Å². The van der Waals surface area contributed by atoms with Crippen molar-refractivity contribution in [1.29, 1.82) is 0 Å². The fraction of sp³-hybridized carbons (Fsp3) is 0. The maximum Gasteiger partial charge on any atom is 0.0697 e. The molecule has 1 aromatic rings. The maximum absolute atomic E-state index is 2.23. The van der Waals surface area contributed by atoms with Crippen LogP contribution in [-0.4, -0.2) is 0 Å². The van der Waals surface area contributed by atoms with E-state index in [9.17, 15) is 0 Å². The average molecular weight is 345 g/mol. The first-order valence-corrected chi connectivity index (χ1v) is 4.40. The van der Waals surface area contributed by atoms with Gasteiger partial charge < -0.3 is 0 Å². The SMILES string of the molecule is IN(I)c1ccccc1. The van der Waals surface area contributed by atoms with Crippen LogP contribution in [0.25, 0.3) is 0 Å². The van der Waals surface area contributed by atoms with Gasteiger partial charge in [0.15, 0.2) is 0 Å². The number of hydrogen-bond donors (Lipinski definition) is 0. The molecule has 0 N–H and O–H groups in total. The molecule has 0 aromatic heterocycles. The van der Waals surface area contributed by atoms with Crippen LogP contribution in [0.2, 0.25) is 0 Å². The standard InChI is InChI=1S/C6H5I2N/c7-9(8)6-4-2-1-3-5-6/h1-5H. The first-order valence-electron chi connectivity index (χ1n) is 2.47. The summed E-state index contributed by atoms with van der Waals surface area (Å²) in [5, 5.41) is 0. The van der Waals surface area contributed by atoms with E-state index in [4.69, 9.17) is 0 Å². The van der Waals surface area contributed by atoms with Gasteiger partial charge >= 0.3 is 0 Å². The lowest BCUT2D eigenvalue weighted by molar-refractivity contribution is 1.66. The van der Waals surface area contributed by atoms with Crippen LogP contribution in [0.15, 0.2) is 30.3 Å². The molecule has 0 amide bonds. The number of hydrogen-bond acceptors (Lipinski definition) is 1. The molecule has 0 saturated carbocycles. The summed E-state index contributed by atoms with van der Waals surface area (Å²) in [6, 6.07) is 10.2. The van der Waals surface area contributed by atoms with E-state index in [-0.39, 0.29) is 0 Å². The van der Waals surface area contributed by atoms with Crippen molar-refractivity contribution in [3.05, 3.63) is 30.3 Å². The van der Waals surface area contributed by atoms with E-state index in [0.29, 0.717) is 0 Å². The summed E-state index contributed by atoms with van der Waals surface area (Å²) < 4.78 is 2.02. The molecule has 0 aliphatic carbocycles. The lowest BCUT2D eigenvalue weighted by atomic mass is 10.3. The Morgan fingerprint density at radius 2 is 1.56 bits per heavy atom. The zero-order valence-electron chi connectivity index (χ0n) is 4.59. The average Bonchev–Trinajstić information content (AvgIpc) is 1.90. The van der Waals surface area contributed by atoms with Gasteiger partial charge in [0.05, 0.1) is 51.4 Å². The molecule has 0 heterocycles. The topological polar surface area (TPSA) is 3.24 Å². The summed E-state index contributed by atoms with van der Waals surface area (Å²) in [5.74, 6) is 0. The quantitative estimate of drug-likeness (QED) is 0.558. The maximum atomic E-state index is 2.23. The lowest BCUT2D eigenvalue weighted by Gasteiger charge is -2.04. The molecule has 1 nitrogen and oxygen atoms in total. The van der Waals surface area contributed by atoms with Gasteiger partial charge in [-0.1, -0.05) is 18.2 Å². The summed E-state index contributed by atoms with van der Waals surface area (Å²) >= 11 is 4.46. The molecule has 1 rings (SSSR count). The van der Waals surface area contributed by atoms with E-state index >= 15 is 0 Å². The highest BCUT2D eigenvalue weighted by Gasteiger charge is 1.92. The summed E-state index contributed by atoms with van der Waals surface area (Å²) in [6.07, 6.45) is 0. The molecule has 0 saturated heterocycles. The minimum absolute atomic E-state index is 1.22. The second-order valence-electron chi connectivity index (χ2n) is 1.57. The van der Waals surface area contributed by atoms with Gasteiger partial charge in [-0.25, -0.2) is 0 Å². The van der Waals surface area contributed by atoms with Gasteiger partial charge in [0.1, 0.15) is 0 Å². The summed E-state index contributed by atoms with van der Waals surface area (Å²) in [7, 11) is 0. The van der Waals surface area contributed by atoms with Crippen molar-refractivity contribution in [2.75, 3.05) is 1.33 Å². The van der Waals surface area contributed by atoms with Gasteiger partial charge in [-0.3, -0.25) is 1.33 Å². The zero-order chi connectivity index (χ0) is 6.69. The van der Waals surface area contributed by atoms with Crippen LogP contribution < -0.4 is 1.33 Å². The highest BCUT2D eigenvalue weighted by atomic mass is 127. The Morgan fingerprint density at radius 1 is 1.00 bits per heavy atom. The van der Waals surface area contributed by atoms with Crippen LogP contribution in [0.1, 0.15) is 0 Å². The molecule has 48 valence electrons. The number of rotatable bonds is 1. The van der Waals surface area contributed by atoms with Crippen LogP contribution in [0.5, 0.6) is 0 Å². The minimum Gasteiger partial charge on any atom is -0.255 e. The number of anilines is 1. The van der Waals surface area contributed by atoms with Gasteiger partial charge in [0, 0.05) is 0 Å². The van der Waals surface area contributed by atoms with E-state index in [1.807, 2.05) is 19.5 Å². The Balaban J connectivity index is 2.85. The van der Waals surface area contributed by atoms with Gasteiger partial charge in [-0.05, 0) is 12.1 Å². The fourth-order valence-corrected chi connectivity index (χ4v) is 1.18. The number of benzene rings is 1. The minimum atomic E-state index is 1.22. The molecular formula is C6H5I2N. The van der Waals surface area contributed by atoms with Crippen LogP contribution >= 0.6 is 45.7 Å². The van der Waals surface area contributed by atoms with E-state index < -0.39 is 0 Å². The van der Waals surface area contributed by atoms with E-state index in [1.165, 1.54) is 5.69 Å². The zero-order valence-corrected chi connectivity index (χ0v) is 8.90. The monoisotopic (exact) mass is 345 g/mol. The highest BCUT2D eigenvalue weighted by Crippen LogP contribution is 2.21. The Kier molecular flexibility index (Phi) is 3.03. The molecule has 0 bridgehead atoms. The van der Waals surface area contributed by atoms with Gasteiger partial charge in [-0.2, -0.15) is 0 Å². The Labute approximate surface area is 82.4 Å². The van der Waals surface area contributed by atoms with Crippen molar-refractivity contribution in [2.45, 2.75) is 0 Å². The van der Waals surface area contributed by atoms with E-state index in [0.717, 1.165) is 0 Å².